The van der Waals surface area contributed by atoms with Crippen molar-refractivity contribution in [3.05, 3.63) is 83.9 Å². The Morgan fingerprint density at radius 2 is 1.47 bits per heavy atom. The number of benzene rings is 2. The topological polar surface area (TPSA) is 0 Å². The molecule has 0 bridgehead atoms. The van der Waals surface area contributed by atoms with Crippen LogP contribution in [0.5, 0.6) is 0 Å². The van der Waals surface area contributed by atoms with E-state index in [2.05, 4.69) is 74.2 Å². The summed E-state index contributed by atoms with van der Waals surface area (Å²) in [7, 11) is 0. The highest BCUT2D eigenvalue weighted by atomic mass is 14.2. The van der Waals surface area contributed by atoms with Gasteiger partial charge in [0.1, 0.15) is 0 Å². The van der Waals surface area contributed by atoms with Crippen LogP contribution in [0.1, 0.15) is 24.0 Å². The maximum atomic E-state index is 4.13. The normalized spacial score (nSPS) is 12.1. The molecule has 1 unspecified atom stereocenters. The SMILES string of the molecule is C=C(C)C(Cc1ccccc1)c1ccccc1. The Morgan fingerprint density at radius 3 is 2.00 bits per heavy atom. The van der Waals surface area contributed by atoms with Crippen LogP contribution in [0, 0.1) is 0 Å². The molecule has 2 aromatic rings. The third kappa shape index (κ3) is 3.07. The Morgan fingerprint density at radius 1 is 0.941 bits per heavy atom. The third-order valence-corrected chi connectivity index (χ3v) is 3.08. The molecule has 0 amide bonds. The summed E-state index contributed by atoms with van der Waals surface area (Å²) < 4.78 is 0. The lowest BCUT2D eigenvalue weighted by atomic mass is 9.87. The fourth-order valence-corrected chi connectivity index (χ4v) is 2.11. The summed E-state index contributed by atoms with van der Waals surface area (Å²) in [6, 6.07) is 21.2. The first-order valence-corrected chi connectivity index (χ1v) is 6.01. The van der Waals surface area contributed by atoms with E-state index in [-0.39, 0.29) is 0 Å². The summed E-state index contributed by atoms with van der Waals surface area (Å²) in [6.07, 6.45) is 1.03. The molecule has 0 spiro atoms. The minimum atomic E-state index is 0.415. The quantitative estimate of drug-likeness (QED) is 0.664. The van der Waals surface area contributed by atoms with Crippen molar-refractivity contribution in [3.8, 4) is 0 Å². The molecule has 2 aromatic carbocycles. The van der Waals surface area contributed by atoms with Crippen LogP contribution < -0.4 is 0 Å². The summed E-state index contributed by atoms with van der Waals surface area (Å²) in [5.41, 5.74) is 3.94. The lowest BCUT2D eigenvalue weighted by molar-refractivity contribution is 0.789. The summed E-state index contributed by atoms with van der Waals surface area (Å²) in [6.45, 7) is 6.24. The van der Waals surface area contributed by atoms with Gasteiger partial charge in [0.2, 0.25) is 0 Å². The Hall–Kier alpha value is -1.82. The zero-order chi connectivity index (χ0) is 12.1. The van der Waals surface area contributed by atoms with Gasteiger partial charge in [-0.2, -0.15) is 0 Å². The van der Waals surface area contributed by atoms with Crippen molar-refractivity contribution in [3.63, 3.8) is 0 Å². The molecule has 0 aliphatic heterocycles. The number of allylic oxidation sites excluding steroid dienone is 1. The average Bonchev–Trinajstić information content (AvgIpc) is 2.38. The predicted octanol–water partition coefficient (Wildman–Crippen LogP) is 4.59. The molecule has 0 aliphatic carbocycles. The fourth-order valence-electron chi connectivity index (χ4n) is 2.11. The molecule has 0 nitrogen and oxygen atoms in total. The molecular formula is C17H18. The van der Waals surface area contributed by atoms with Gasteiger partial charge in [-0.05, 0) is 24.5 Å². The number of hydrogen-bond donors (Lipinski definition) is 0. The maximum Gasteiger partial charge on any atom is 0.00831 e. The van der Waals surface area contributed by atoms with Gasteiger partial charge in [0, 0.05) is 5.92 Å². The van der Waals surface area contributed by atoms with Crippen LogP contribution in [0.3, 0.4) is 0 Å². The van der Waals surface area contributed by atoms with Crippen LogP contribution in [-0.2, 0) is 6.42 Å². The van der Waals surface area contributed by atoms with Crippen molar-refractivity contribution >= 4 is 0 Å². The second kappa shape index (κ2) is 5.49. The number of hydrogen-bond acceptors (Lipinski definition) is 0. The second-order valence-corrected chi connectivity index (χ2v) is 4.50. The summed E-state index contributed by atoms with van der Waals surface area (Å²) in [5.74, 6) is 0.415. The second-order valence-electron chi connectivity index (χ2n) is 4.50. The molecule has 1 atom stereocenters. The summed E-state index contributed by atoms with van der Waals surface area (Å²) >= 11 is 0. The molecule has 17 heavy (non-hydrogen) atoms. The van der Waals surface area contributed by atoms with Gasteiger partial charge in [-0.1, -0.05) is 72.8 Å². The molecule has 2 rings (SSSR count). The highest BCUT2D eigenvalue weighted by molar-refractivity contribution is 5.30. The first-order valence-electron chi connectivity index (χ1n) is 6.01. The maximum absolute atomic E-state index is 4.13. The molecule has 0 heterocycles. The summed E-state index contributed by atoms with van der Waals surface area (Å²) in [4.78, 5) is 0. The van der Waals surface area contributed by atoms with Gasteiger partial charge in [0.25, 0.3) is 0 Å². The Labute approximate surface area is 104 Å². The van der Waals surface area contributed by atoms with Crippen molar-refractivity contribution in [1.82, 2.24) is 0 Å². The van der Waals surface area contributed by atoms with E-state index in [1.165, 1.54) is 16.7 Å². The third-order valence-electron chi connectivity index (χ3n) is 3.08. The molecular weight excluding hydrogens is 204 g/mol. The van der Waals surface area contributed by atoms with E-state index < -0.39 is 0 Å². The van der Waals surface area contributed by atoms with Crippen LogP contribution >= 0.6 is 0 Å². The van der Waals surface area contributed by atoms with Crippen LogP contribution in [-0.4, -0.2) is 0 Å². The summed E-state index contributed by atoms with van der Waals surface area (Å²) in [5, 5.41) is 0. The van der Waals surface area contributed by atoms with Gasteiger partial charge < -0.3 is 0 Å². The van der Waals surface area contributed by atoms with E-state index in [0.29, 0.717) is 5.92 Å². The zero-order valence-corrected chi connectivity index (χ0v) is 10.3. The smallest absolute Gasteiger partial charge is 0.00831 e. The highest BCUT2D eigenvalue weighted by Gasteiger charge is 2.12. The molecule has 86 valence electrons. The van der Waals surface area contributed by atoms with E-state index in [4.69, 9.17) is 0 Å². The number of rotatable bonds is 4. The molecule has 0 heteroatoms. The molecule has 0 N–H and O–H groups in total. The molecule has 0 saturated carbocycles. The molecule has 0 aliphatic rings. The predicted molar refractivity (Wildman–Crippen MR) is 74.1 cm³/mol. The Balaban J connectivity index is 2.23. The molecule has 0 radical (unpaired) electrons. The Kier molecular flexibility index (Phi) is 3.77. The van der Waals surface area contributed by atoms with Crippen molar-refractivity contribution in [2.75, 3.05) is 0 Å². The van der Waals surface area contributed by atoms with Gasteiger partial charge in [0.05, 0.1) is 0 Å². The largest absolute Gasteiger partial charge is 0.0995 e. The monoisotopic (exact) mass is 222 g/mol. The first kappa shape index (κ1) is 11.7. The van der Waals surface area contributed by atoms with Crippen LogP contribution in [0.15, 0.2) is 72.8 Å². The standard InChI is InChI=1S/C17H18/c1-14(2)17(16-11-7-4-8-12-16)13-15-9-5-3-6-10-15/h3-12,17H,1,13H2,2H3. The molecule has 0 saturated heterocycles. The van der Waals surface area contributed by atoms with Crippen LogP contribution in [0.2, 0.25) is 0 Å². The van der Waals surface area contributed by atoms with Crippen molar-refractivity contribution in [2.45, 2.75) is 19.3 Å². The van der Waals surface area contributed by atoms with Crippen molar-refractivity contribution < 1.29 is 0 Å². The van der Waals surface area contributed by atoms with Crippen molar-refractivity contribution in [1.29, 1.82) is 0 Å². The van der Waals surface area contributed by atoms with Crippen LogP contribution in [0.4, 0.5) is 0 Å². The van der Waals surface area contributed by atoms with Gasteiger partial charge in [-0.3, -0.25) is 0 Å². The minimum Gasteiger partial charge on any atom is -0.0995 e. The lowest BCUT2D eigenvalue weighted by Gasteiger charge is -2.17. The van der Waals surface area contributed by atoms with Crippen LogP contribution in [0.25, 0.3) is 0 Å². The van der Waals surface area contributed by atoms with E-state index >= 15 is 0 Å². The van der Waals surface area contributed by atoms with E-state index in [1.54, 1.807) is 0 Å². The minimum absolute atomic E-state index is 0.415. The van der Waals surface area contributed by atoms with Gasteiger partial charge in [-0.25, -0.2) is 0 Å². The van der Waals surface area contributed by atoms with Gasteiger partial charge in [0.15, 0.2) is 0 Å². The Bertz CT molecular complexity index is 468. The average molecular weight is 222 g/mol. The van der Waals surface area contributed by atoms with E-state index in [9.17, 15) is 0 Å². The molecule has 0 fully saturated rings. The van der Waals surface area contributed by atoms with Crippen molar-refractivity contribution in [2.24, 2.45) is 0 Å². The van der Waals surface area contributed by atoms with Gasteiger partial charge >= 0.3 is 0 Å². The lowest BCUT2D eigenvalue weighted by Crippen LogP contribution is -2.03. The first-order chi connectivity index (χ1) is 8.27. The highest BCUT2D eigenvalue weighted by Crippen LogP contribution is 2.26. The van der Waals surface area contributed by atoms with E-state index in [0.717, 1.165) is 6.42 Å². The fraction of sp³-hybridized carbons (Fsp3) is 0.176. The zero-order valence-electron chi connectivity index (χ0n) is 10.3. The molecule has 0 aromatic heterocycles. The van der Waals surface area contributed by atoms with Gasteiger partial charge in [-0.15, -0.1) is 0 Å². The van der Waals surface area contributed by atoms with E-state index in [1.807, 2.05) is 0 Å².